The summed E-state index contributed by atoms with van der Waals surface area (Å²) in [6.07, 6.45) is 1.63. The number of rotatable bonds is 5. The van der Waals surface area contributed by atoms with Crippen molar-refractivity contribution in [3.63, 3.8) is 0 Å². The number of hydrogen-bond donors (Lipinski definition) is 2. The van der Waals surface area contributed by atoms with E-state index in [4.69, 9.17) is 0 Å². The minimum Gasteiger partial charge on any atom is -0.324 e. The van der Waals surface area contributed by atoms with E-state index in [1.54, 1.807) is 6.33 Å². The topological polar surface area (TPSA) is 71.8 Å². The standard InChI is InChI=1S/C13H17N5O/c1-3-14-8-12(19)16-11-7-5-4-6-10(11)13-17-15-9-18(13)2/h4-7,9,14H,3,8H2,1-2H3,(H,16,19). The SMILES string of the molecule is CCNCC(=O)Nc1ccccc1-c1nncn1C. The molecule has 19 heavy (non-hydrogen) atoms. The van der Waals surface area contributed by atoms with Crippen molar-refractivity contribution in [3.05, 3.63) is 30.6 Å². The zero-order valence-electron chi connectivity index (χ0n) is 11.1. The Balaban J connectivity index is 2.22. The van der Waals surface area contributed by atoms with Gasteiger partial charge in [-0.2, -0.15) is 0 Å². The predicted octanol–water partition coefficient (Wildman–Crippen LogP) is 1.03. The minimum atomic E-state index is -0.0727. The van der Waals surface area contributed by atoms with Gasteiger partial charge in [-0.15, -0.1) is 10.2 Å². The maximum Gasteiger partial charge on any atom is 0.238 e. The van der Waals surface area contributed by atoms with Gasteiger partial charge in [0.1, 0.15) is 6.33 Å². The first kappa shape index (κ1) is 13.2. The Labute approximate surface area is 111 Å². The first-order valence-corrected chi connectivity index (χ1v) is 6.16. The van der Waals surface area contributed by atoms with E-state index in [1.165, 1.54) is 0 Å². The summed E-state index contributed by atoms with van der Waals surface area (Å²) in [5, 5.41) is 13.8. The van der Waals surface area contributed by atoms with Crippen LogP contribution in [0.2, 0.25) is 0 Å². The first-order valence-electron chi connectivity index (χ1n) is 6.16. The van der Waals surface area contributed by atoms with Crippen LogP contribution in [0.25, 0.3) is 11.4 Å². The number of likely N-dealkylation sites (N-methyl/N-ethyl adjacent to an activating group) is 1. The number of carbonyl (C=O) groups is 1. The van der Waals surface area contributed by atoms with Crippen molar-refractivity contribution < 1.29 is 4.79 Å². The Bertz CT molecular complexity index is 564. The molecule has 0 bridgehead atoms. The second-order valence-corrected chi connectivity index (χ2v) is 4.14. The number of aromatic nitrogens is 3. The van der Waals surface area contributed by atoms with Crippen molar-refractivity contribution in [2.24, 2.45) is 7.05 Å². The van der Waals surface area contributed by atoms with Gasteiger partial charge in [-0.05, 0) is 18.7 Å². The molecule has 2 aromatic rings. The van der Waals surface area contributed by atoms with E-state index < -0.39 is 0 Å². The summed E-state index contributed by atoms with van der Waals surface area (Å²) in [5.41, 5.74) is 1.59. The molecule has 0 fully saturated rings. The summed E-state index contributed by atoms with van der Waals surface area (Å²) >= 11 is 0. The van der Waals surface area contributed by atoms with Gasteiger partial charge in [-0.3, -0.25) is 4.79 Å². The molecule has 1 aromatic carbocycles. The fraction of sp³-hybridized carbons (Fsp3) is 0.308. The number of anilines is 1. The van der Waals surface area contributed by atoms with Crippen LogP contribution in [0.15, 0.2) is 30.6 Å². The van der Waals surface area contributed by atoms with Crippen LogP contribution in [-0.4, -0.2) is 33.8 Å². The van der Waals surface area contributed by atoms with E-state index in [9.17, 15) is 4.79 Å². The van der Waals surface area contributed by atoms with Crippen molar-refractivity contribution in [1.82, 2.24) is 20.1 Å². The van der Waals surface area contributed by atoms with Crippen LogP contribution in [0.4, 0.5) is 5.69 Å². The normalized spacial score (nSPS) is 10.4. The second-order valence-electron chi connectivity index (χ2n) is 4.14. The zero-order valence-corrected chi connectivity index (χ0v) is 11.1. The molecule has 0 aliphatic carbocycles. The van der Waals surface area contributed by atoms with Gasteiger partial charge in [0.05, 0.1) is 12.2 Å². The Morgan fingerprint density at radius 1 is 1.37 bits per heavy atom. The number of nitrogens with zero attached hydrogens (tertiary/aromatic N) is 3. The van der Waals surface area contributed by atoms with Crippen molar-refractivity contribution in [3.8, 4) is 11.4 Å². The highest BCUT2D eigenvalue weighted by atomic mass is 16.1. The summed E-state index contributed by atoms with van der Waals surface area (Å²) in [6, 6.07) is 7.55. The Kier molecular flexibility index (Phi) is 4.25. The molecular weight excluding hydrogens is 242 g/mol. The largest absolute Gasteiger partial charge is 0.324 e. The van der Waals surface area contributed by atoms with Crippen LogP contribution in [0.5, 0.6) is 0 Å². The average Bonchev–Trinajstić information content (AvgIpc) is 2.83. The maximum absolute atomic E-state index is 11.8. The molecule has 2 N–H and O–H groups in total. The Morgan fingerprint density at radius 2 is 2.16 bits per heavy atom. The van der Waals surface area contributed by atoms with E-state index in [2.05, 4.69) is 20.8 Å². The summed E-state index contributed by atoms with van der Waals surface area (Å²) in [6.45, 7) is 3.02. The lowest BCUT2D eigenvalue weighted by Crippen LogP contribution is -2.27. The highest BCUT2D eigenvalue weighted by molar-refractivity contribution is 5.95. The van der Waals surface area contributed by atoms with Crippen LogP contribution in [-0.2, 0) is 11.8 Å². The van der Waals surface area contributed by atoms with Crippen LogP contribution in [0.3, 0.4) is 0 Å². The highest BCUT2D eigenvalue weighted by Gasteiger charge is 2.11. The lowest BCUT2D eigenvalue weighted by atomic mass is 10.1. The van der Waals surface area contributed by atoms with Gasteiger partial charge in [0.25, 0.3) is 0 Å². The van der Waals surface area contributed by atoms with E-state index >= 15 is 0 Å². The van der Waals surface area contributed by atoms with Gasteiger partial charge in [-0.1, -0.05) is 19.1 Å². The molecular formula is C13H17N5O. The van der Waals surface area contributed by atoms with E-state index in [-0.39, 0.29) is 5.91 Å². The van der Waals surface area contributed by atoms with Gasteiger partial charge < -0.3 is 15.2 Å². The van der Waals surface area contributed by atoms with Gasteiger partial charge in [0.15, 0.2) is 5.82 Å². The molecule has 100 valence electrons. The number of hydrogen-bond acceptors (Lipinski definition) is 4. The minimum absolute atomic E-state index is 0.0727. The number of carbonyl (C=O) groups excluding carboxylic acids is 1. The summed E-state index contributed by atoms with van der Waals surface area (Å²) in [4.78, 5) is 11.8. The fourth-order valence-electron chi connectivity index (χ4n) is 1.75. The number of para-hydroxylation sites is 1. The molecule has 0 saturated carbocycles. The molecule has 0 unspecified atom stereocenters. The van der Waals surface area contributed by atoms with Crippen molar-refractivity contribution in [1.29, 1.82) is 0 Å². The maximum atomic E-state index is 11.8. The quantitative estimate of drug-likeness (QED) is 0.841. The lowest BCUT2D eigenvalue weighted by Gasteiger charge is -2.10. The van der Waals surface area contributed by atoms with Crippen molar-refractivity contribution >= 4 is 11.6 Å². The lowest BCUT2D eigenvalue weighted by molar-refractivity contribution is -0.115. The van der Waals surface area contributed by atoms with Crippen molar-refractivity contribution in [2.75, 3.05) is 18.4 Å². The summed E-state index contributed by atoms with van der Waals surface area (Å²) in [7, 11) is 1.87. The van der Waals surface area contributed by atoms with E-state index in [1.807, 2.05) is 42.8 Å². The molecule has 1 amide bonds. The third-order valence-corrected chi connectivity index (χ3v) is 2.69. The Morgan fingerprint density at radius 3 is 2.84 bits per heavy atom. The Hall–Kier alpha value is -2.21. The molecule has 0 aliphatic heterocycles. The first-order chi connectivity index (χ1) is 9.22. The molecule has 6 heteroatoms. The number of nitrogens with one attached hydrogen (secondary N) is 2. The van der Waals surface area contributed by atoms with Gasteiger partial charge in [0, 0.05) is 12.6 Å². The van der Waals surface area contributed by atoms with Gasteiger partial charge in [0.2, 0.25) is 5.91 Å². The predicted molar refractivity (Wildman–Crippen MR) is 73.6 cm³/mol. The molecule has 0 atom stereocenters. The highest BCUT2D eigenvalue weighted by Crippen LogP contribution is 2.25. The molecule has 0 spiro atoms. The van der Waals surface area contributed by atoms with Gasteiger partial charge in [-0.25, -0.2) is 0 Å². The van der Waals surface area contributed by atoms with Crippen LogP contribution >= 0.6 is 0 Å². The van der Waals surface area contributed by atoms with Crippen LogP contribution in [0, 0.1) is 0 Å². The van der Waals surface area contributed by atoms with Crippen LogP contribution in [0.1, 0.15) is 6.92 Å². The summed E-state index contributed by atoms with van der Waals surface area (Å²) < 4.78 is 1.81. The van der Waals surface area contributed by atoms with Crippen molar-refractivity contribution in [2.45, 2.75) is 6.92 Å². The summed E-state index contributed by atoms with van der Waals surface area (Å²) in [5.74, 6) is 0.649. The third kappa shape index (κ3) is 3.17. The average molecular weight is 259 g/mol. The molecule has 1 heterocycles. The van der Waals surface area contributed by atoms with E-state index in [0.717, 1.165) is 23.6 Å². The monoisotopic (exact) mass is 259 g/mol. The number of amides is 1. The second kappa shape index (κ2) is 6.10. The molecule has 0 saturated heterocycles. The van der Waals surface area contributed by atoms with E-state index in [0.29, 0.717) is 6.54 Å². The third-order valence-electron chi connectivity index (χ3n) is 2.69. The molecule has 0 radical (unpaired) electrons. The molecule has 6 nitrogen and oxygen atoms in total. The fourth-order valence-corrected chi connectivity index (χ4v) is 1.75. The molecule has 1 aromatic heterocycles. The number of benzene rings is 1. The molecule has 0 aliphatic rings. The van der Waals surface area contributed by atoms with Crippen LogP contribution < -0.4 is 10.6 Å². The van der Waals surface area contributed by atoms with Gasteiger partial charge >= 0.3 is 0 Å². The molecule has 2 rings (SSSR count). The smallest absolute Gasteiger partial charge is 0.238 e. The zero-order chi connectivity index (χ0) is 13.7. The number of aryl methyl sites for hydroxylation is 1.